The second-order valence-electron chi connectivity index (χ2n) is 6.36. The number of aliphatic hydroxyl groups excluding tert-OH is 1. The van der Waals surface area contributed by atoms with Crippen LogP contribution in [0.3, 0.4) is 0 Å². The lowest BCUT2D eigenvalue weighted by atomic mass is 9.80. The van der Waals surface area contributed by atoms with Gasteiger partial charge in [0.05, 0.1) is 25.2 Å². The van der Waals surface area contributed by atoms with Gasteiger partial charge in [-0.05, 0) is 12.3 Å². The molecule has 8 nitrogen and oxygen atoms in total. The Morgan fingerprint density at radius 1 is 1.33 bits per heavy atom. The maximum atomic E-state index is 12.0. The summed E-state index contributed by atoms with van der Waals surface area (Å²) in [6.45, 7) is 5.49. The Kier molecular flexibility index (Phi) is 7.47. The van der Waals surface area contributed by atoms with E-state index in [0.717, 1.165) is 12.8 Å². The first kappa shape index (κ1) is 20.2. The molecule has 1 aliphatic carbocycles. The maximum absolute atomic E-state index is 12.0. The molecule has 1 aliphatic rings. The fraction of sp³-hybridized carbons (Fsp3) is 0.812. The van der Waals surface area contributed by atoms with Crippen molar-refractivity contribution in [1.29, 1.82) is 0 Å². The molecule has 0 saturated heterocycles. The monoisotopic (exact) mass is 342 g/mol. The van der Waals surface area contributed by atoms with Gasteiger partial charge in [0.15, 0.2) is 5.96 Å². The predicted octanol–water partition coefficient (Wildman–Crippen LogP) is -0.261. The third-order valence-electron chi connectivity index (χ3n) is 4.91. The summed E-state index contributed by atoms with van der Waals surface area (Å²) in [4.78, 5) is 27.9. The molecule has 0 aliphatic heterocycles. The van der Waals surface area contributed by atoms with E-state index in [2.05, 4.69) is 10.3 Å². The number of nitrogens with zero attached hydrogens (tertiary/aromatic N) is 1. The molecule has 1 fully saturated rings. The van der Waals surface area contributed by atoms with Crippen LogP contribution in [-0.4, -0.2) is 48.2 Å². The Balaban J connectivity index is 3.24. The number of rotatable bonds is 7. The van der Waals surface area contributed by atoms with Crippen LogP contribution in [0.5, 0.6) is 0 Å². The highest BCUT2D eigenvalue weighted by atomic mass is 16.5. The molecule has 0 spiro atoms. The minimum absolute atomic E-state index is 0.103. The largest absolute Gasteiger partial charge is 0.469 e. The van der Waals surface area contributed by atoms with Crippen LogP contribution in [0.1, 0.15) is 40.0 Å². The lowest BCUT2D eigenvalue weighted by Crippen LogP contribution is -2.51. The molecule has 8 heteroatoms. The highest BCUT2D eigenvalue weighted by Gasteiger charge is 2.51. The van der Waals surface area contributed by atoms with E-state index in [1.165, 1.54) is 14.0 Å². The number of aliphatic hydroxyl groups is 1. The molecule has 24 heavy (non-hydrogen) atoms. The maximum Gasteiger partial charge on any atom is 0.311 e. The summed E-state index contributed by atoms with van der Waals surface area (Å²) in [5, 5.41) is 13.7. The van der Waals surface area contributed by atoms with Crippen molar-refractivity contribution >= 4 is 17.8 Å². The van der Waals surface area contributed by atoms with Gasteiger partial charge in [0.2, 0.25) is 5.91 Å². The first-order valence-corrected chi connectivity index (χ1v) is 8.38. The van der Waals surface area contributed by atoms with E-state index >= 15 is 0 Å². The minimum atomic E-state index is -0.983. The zero-order valence-electron chi connectivity index (χ0n) is 14.9. The van der Waals surface area contributed by atoms with E-state index < -0.39 is 30.0 Å². The van der Waals surface area contributed by atoms with Crippen molar-refractivity contribution in [3.63, 3.8) is 0 Å². The van der Waals surface area contributed by atoms with Crippen LogP contribution in [0, 0.1) is 17.8 Å². The van der Waals surface area contributed by atoms with Crippen molar-refractivity contribution in [2.45, 2.75) is 58.2 Å². The average molecular weight is 342 g/mol. The van der Waals surface area contributed by atoms with Gasteiger partial charge in [-0.2, -0.15) is 0 Å². The van der Waals surface area contributed by atoms with Gasteiger partial charge in [0, 0.05) is 18.9 Å². The third-order valence-corrected chi connectivity index (χ3v) is 4.91. The molecule has 0 aromatic carbocycles. The van der Waals surface area contributed by atoms with Crippen LogP contribution in [0.15, 0.2) is 4.99 Å². The number of esters is 1. The van der Waals surface area contributed by atoms with Crippen molar-refractivity contribution in [2.24, 2.45) is 34.2 Å². The summed E-state index contributed by atoms with van der Waals surface area (Å²) in [5.74, 6) is -1.81. The molecule has 1 amide bonds. The smallest absolute Gasteiger partial charge is 0.311 e. The average Bonchev–Trinajstić information content (AvgIpc) is 2.82. The van der Waals surface area contributed by atoms with Crippen molar-refractivity contribution in [3.05, 3.63) is 0 Å². The topological polar surface area (TPSA) is 140 Å². The molecule has 1 saturated carbocycles. The molecular formula is C16H30N4O4. The Morgan fingerprint density at radius 2 is 1.92 bits per heavy atom. The molecule has 0 aromatic heterocycles. The number of carbonyl (C=O) groups is 2. The number of aliphatic imine (C=N–C) groups is 1. The van der Waals surface area contributed by atoms with E-state index in [1.807, 2.05) is 13.8 Å². The fourth-order valence-corrected chi connectivity index (χ4v) is 3.78. The van der Waals surface area contributed by atoms with Crippen LogP contribution in [0.25, 0.3) is 0 Å². The van der Waals surface area contributed by atoms with Gasteiger partial charge in [-0.15, -0.1) is 0 Å². The molecule has 0 unspecified atom stereocenters. The summed E-state index contributed by atoms with van der Waals surface area (Å²) < 4.78 is 4.78. The Hall–Kier alpha value is -1.83. The highest BCUT2D eigenvalue weighted by molar-refractivity contribution is 5.77. The van der Waals surface area contributed by atoms with Gasteiger partial charge in [0.25, 0.3) is 0 Å². The first-order chi connectivity index (χ1) is 11.3. The zero-order valence-corrected chi connectivity index (χ0v) is 14.9. The third kappa shape index (κ3) is 4.59. The molecule has 1 rings (SSSR count). The van der Waals surface area contributed by atoms with E-state index in [-0.39, 0.29) is 30.2 Å². The Labute approximate surface area is 143 Å². The molecule has 5 atom stereocenters. The Morgan fingerprint density at radius 3 is 2.33 bits per heavy atom. The van der Waals surface area contributed by atoms with Crippen molar-refractivity contribution in [2.75, 3.05) is 7.11 Å². The van der Waals surface area contributed by atoms with E-state index in [9.17, 15) is 14.7 Å². The number of ether oxygens (including phenoxy) is 1. The van der Waals surface area contributed by atoms with Crippen LogP contribution in [-0.2, 0) is 14.3 Å². The fourth-order valence-electron chi connectivity index (χ4n) is 3.78. The SMILES string of the molecule is CCC(CC)[C@H](NC(C)=O)[C@@H]1[C@H](O)[C@H](C(=O)OC)C[C@H]1N=C(N)N. The summed E-state index contributed by atoms with van der Waals surface area (Å²) in [6.07, 6.45) is 0.944. The van der Waals surface area contributed by atoms with E-state index in [1.54, 1.807) is 0 Å². The zero-order chi connectivity index (χ0) is 18.4. The van der Waals surface area contributed by atoms with E-state index in [4.69, 9.17) is 16.2 Å². The quantitative estimate of drug-likeness (QED) is 0.285. The standard InChI is InChI=1S/C16H30N4O4/c1-5-9(6-2)13(19-8(3)21)12-11(20-16(17)18)7-10(14(12)22)15(23)24-4/h9-14,22H,5-7H2,1-4H3,(H,19,21)(H4,17,18,20)/t10-,11-,12-,13+,14-/m1/s1. The van der Waals surface area contributed by atoms with Gasteiger partial charge < -0.3 is 26.6 Å². The molecule has 0 radical (unpaired) electrons. The number of carbonyl (C=O) groups excluding carboxylic acids is 2. The molecule has 0 heterocycles. The summed E-state index contributed by atoms with van der Waals surface area (Å²) in [7, 11) is 1.28. The molecule has 0 bridgehead atoms. The number of hydrogen-bond acceptors (Lipinski definition) is 5. The number of guanidine groups is 1. The predicted molar refractivity (Wildman–Crippen MR) is 90.9 cm³/mol. The summed E-state index contributed by atoms with van der Waals surface area (Å²) >= 11 is 0. The summed E-state index contributed by atoms with van der Waals surface area (Å²) in [5.41, 5.74) is 11.0. The molecule has 6 N–H and O–H groups in total. The van der Waals surface area contributed by atoms with Gasteiger partial charge >= 0.3 is 5.97 Å². The van der Waals surface area contributed by atoms with Gasteiger partial charge in [-0.1, -0.05) is 26.7 Å². The van der Waals surface area contributed by atoms with Crippen LogP contribution in [0.4, 0.5) is 0 Å². The minimum Gasteiger partial charge on any atom is -0.469 e. The van der Waals surface area contributed by atoms with Gasteiger partial charge in [-0.25, -0.2) is 4.99 Å². The van der Waals surface area contributed by atoms with Crippen LogP contribution >= 0.6 is 0 Å². The second kappa shape index (κ2) is 8.86. The van der Waals surface area contributed by atoms with Crippen molar-refractivity contribution in [3.8, 4) is 0 Å². The van der Waals surface area contributed by atoms with Gasteiger partial charge in [0.1, 0.15) is 0 Å². The molecule has 0 aromatic rings. The molecule has 138 valence electrons. The van der Waals surface area contributed by atoms with Crippen LogP contribution in [0.2, 0.25) is 0 Å². The number of nitrogens with one attached hydrogen (secondary N) is 1. The van der Waals surface area contributed by atoms with Crippen molar-refractivity contribution in [1.82, 2.24) is 5.32 Å². The van der Waals surface area contributed by atoms with Gasteiger partial charge in [-0.3, -0.25) is 9.59 Å². The van der Waals surface area contributed by atoms with Crippen molar-refractivity contribution < 1.29 is 19.4 Å². The normalized spacial score (nSPS) is 27.6. The first-order valence-electron chi connectivity index (χ1n) is 8.38. The number of methoxy groups -OCH3 is 1. The second-order valence-corrected chi connectivity index (χ2v) is 6.36. The molecular weight excluding hydrogens is 312 g/mol. The highest BCUT2D eigenvalue weighted by Crippen LogP contribution is 2.39. The lowest BCUT2D eigenvalue weighted by molar-refractivity contribution is -0.149. The summed E-state index contributed by atoms with van der Waals surface area (Å²) in [6, 6.07) is -0.776. The number of hydrogen-bond donors (Lipinski definition) is 4. The number of nitrogens with two attached hydrogens (primary N) is 2. The lowest BCUT2D eigenvalue weighted by Gasteiger charge is -2.35. The number of amides is 1. The Bertz CT molecular complexity index is 475. The van der Waals surface area contributed by atoms with Crippen LogP contribution < -0.4 is 16.8 Å². The van der Waals surface area contributed by atoms with E-state index in [0.29, 0.717) is 0 Å².